The quantitative estimate of drug-likeness (QED) is 0.402. The molecule has 0 aliphatic heterocycles. The summed E-state index contributed by atoms with van der Waals surface area (Å²) >= 11 is 0. The second-order valence-electron chi connectivity index (χ2n) is 6.59. The van der Waals surface area contributed by atoms with Gasteiger partial charge in [-0.15, -0.1) is 0 Å². The van der Waals surface area contributed by atoms with E-state index in [1.165, 1.54) is 0 Å². The van der Waals surface area contributed by atoms with Gasteiger partial charge in [0.2, 0.25) is 0 Å². The Hall–Kier alpha value is -3.31. The third kappa shape index (κ3) is 3.00. The smallest absolute Gasteiger partial charge is 0.146 e. The minimum absolute atomic E-state index is 0.185. The van der Waals surface area contributed by atoms with Gasteiger partial charge in [-0.2, -0.15) is 0 Å². The van der Waals surface area contributed by atoms with Gasteiger partial charge in [0, 0.05) is 16.5 Å². The van der Waals surface area contributed by atoms with Crippen LogP contribution in [0.25, 0.3) is 21.8 Å². The minimum atomic E-state index is -0.185. The first-order valence-corrected chi connectivity index (χ1v) is 9.06. The summed E-state index contributed by atoms with van der Waals surface area (Å²) < 4.78 is 11.1. The van der Waals surface area contributed by atoms with Crippen LogP contribution in [-0.4, -0.2) is 31.0 Å². The highest BCUT2D eigenvalue weighted by Crippen LogP contribution is 2.42. The lowest BCUT2D eigenvalue weighted by molar-refractivity contribution is 0.303. The molecule has 1 N–H and O–H groups in total. The van der Waals surface area contributed by atoms with E-state index in [9.17, 15) is 5.11 Å². The van der Waals surface area contributed by atoms with Gasteiger partial charge in [-0.25, -0.2) is 4.98 Å². The normalized spacial score (nSPS) is 11.0. The third-order valence-electron chi connectivity index (χ3n) is 4.92. The second kappa shape index (κ2) is 7.37. The number of nitrogens with zero attached hydrogens (tertiary/aromatic N) is 2. The van der Waals surface area contributed by atoms with Crippen LogP contribution in [0.5, 0.6) is 11.5 Å². The second-order valence-corrected chi connectivity index (χ2v) is 6.59. The first kappa shape index (κ1) is 18.1. The Morgan fingerprint density at radius 3 is 2.39 bits per heavy atom. The van der Waals surface area contributed by atoms with E-state index in [1.807, 2.05) is 66.4 Å². The number of fused-ring (bicyclic) bond motifs is 2. The van der Waals surface area contributed by atoms with Gasteiger partial charge in [-0.05, 0) is 55.0 Å². The van der Waals surface area contributed by atoms with Crippen LogP contribution < -0.4 is 14.4 Å². The maximum Gasteiger partial charge on any atom is 0.146 e. The van der Waals surface area contributed by atoms with Crippen molar-refractivity contribution in [2.75, 3.05) is 25.9 Å². The molecule has 4 rings (SSSR count). The average Bonchev–Trinajstić information content (AvgIpc) is 2.73. The number of pyridine rings is 1. The van der Waals surface area contributed by atoms with E-state index in [1.54, 1.807) is 14.2 Å². The van der Waals surface area contributed by atoms with Gasteiger partial charge in [-0.1, -0.05) is 18.2 Å². The number of aryl methyl sites for hydroxylation is 1. The van der Waals surface area contributed by atoms with Crippen molar-refractivity contribution in [3.8, 4) is 11.5 Å². The Morgan fingerprint density at radius 2 is 1.71 bits per heavy atom. The van der Waals surface area contributed by atoms with E-state index in [0.29, 0.717) is 0 Å². The van der Waals surface area contributed by atoms with Crippen molar-refractivity contribution in [1.29, 1.82) is 0 Å². The van der Waals surface area contributed by atoms with E-state index in [4.69, 9.17) is 14.5 Å². The van der Waals surface area contributed by atoms with Crippen LogP contribution in [0.4, 0.5) is 11.4 Å². The molecule has 0 fully saturated rings. The number of benzene rings is 3. The number of para-hydroxylation sites is 1. The number of rotatable bonds is 5. The van der Waals surface area contributed by atoms with Crippen molar-refractivity contribution < 1.29 is 14.6 Å². The molecular formula is C23H22N2O3. The molecule has 0 saturated heterocycles. The Bertz CT molecular complexity index is 1140. The summed E-state index contributed by atoms with van der Waals surface area (Å²) in [7, 11) is 3.30. The Kier molecular flexibility index (Phi) is 4.75. The number of ether oxygens (including phenoxy) is 2. The Labute approximate surface area is 163 Å². The fourth-order valence-electron chi connectivity index (χ4n) is 3.59. The number of hydrogen-bond acceptors (Lipinski definition) is 5. The zero-order chi connectivity index (χ0) is 19.7. The lowest BCUT2D eigenvalue weighted by atomic mass is 10.0. The fraction of sp³-hybridized carbons (Fsp3) is 0.174. The number of aliphatic hydroxyl groups excluding tert-OH is 1. The predicted octanol–water partition coefficient (Wildman–Crippen LogP) is 4.80. The number of anilines is 2. The maximum atomic E-state index is 10.2. The molecule has 0 aliphatic carbocycles. The molecule has 0 unspecified atom stereocenters. The van der Waals surface area contributed by atoms with Crippen molar-refractivity contribution in [2.24, 2.45) is 0 Å². The van der Waals surface area contributed by atoms with Crippen LogP contribution in [0.3, 0.4) is 0 Å². The first-order valence-electron chi connectivity index (χ1n) is 9.06. The third-order valence-corrected chi connectivity index (χ3v) is 4.92. The summed E-state index contributed by atoms with van der Waals surface area (Å²) in [4.78, 5) is 6.68. The molecule has 5 heteroatoms. The van der Waals surface area contributed by atoms with Gasteiger partial charge in [-0.3, -0.25) is 0 Å². The first-order chi connectivity index (χ1) is 13.7. The summed E-state index contributed by atoms with van der Waals surface area (Å²) in [5, 5.41) is 12.1. The topological polar surface area (TPSA) is 54.8 Å². The van der Waals surface area contributed by atoms with Crippen LogP contribution in [-0.2, 0) is 0 Å². The van der Waals surface area contributed by atoms with Crippen LogP contribution >= 0.6 is 0 Å². The Balaban J connectivity index is 2.07. The van der Waals surface area contributed by atoms with E-state index < -0.39 is 0 Å². The van der Waals surface area contributed by atoms with Gasteiger partial charge in [0.05, 0.1) is 30.9 Å². The lowest BCUT2D eigenvalue weighted by Crippen LogP contribution is -2.19. The number of aromatic nitrogens is 1. The predicted molar refractivity (Wildman–Crippen MR) is 113 cm³/mol. The van der Waals surface area contributed by atoms with E-state index in [0.717, 1.165) is 50.2 Å². The van der Waals surface area contributed by atoms with Crippen LogP contribution in [0.2, 0.25) is 0 Å². The molecule has 0 spiro atoms. The van der Waals surface area contributed by atoms with Crippen LogP contribution in [0.1, 0.15) is 5.56 Å². The summed E-state index contributed by atoms with van der Waals surface area (Å²) in [5.41, 5.74) is 4.36. The molecular weight excluding hydrogens is 352 g/mol. The summed E-state index contributed by atoms with van der Waals surface area (Å²) in [6, 6.07) is 19.7. The van der Waals surface area contributed by atoms with Gasteiger partial charge < -0.3 is 19.5 Å². The molecule has 0 atom stereocenters. The van der Waals surface area contributed by atoms with Crippen molar-refractivity contribution in [3.63, 3.8) is 0 Å². The number of aliphatic hydroxyl groups is 1. The monoisotopic (exact) mass is 374 g/mol. The SMILES string of the molecule is COc1ccc2nc3cc(C)c(OC)c(N(CO)c4ccccc4)c3cc2c1. The molecule has 4 aromatic rings. The largest absolute Gasteiger partial charge is 0.497 e. The van der Waals surface area contributed by atoms with Crippen molar-refractivity contribution >= 4 is 33.2 Å². The molecule has 1 heterocycles. The van der Waals surface area contributed by atoms with Crippen molar-refractivity contribution in [2.45, 2.75) is 6.92 Å². The molecule has 5 nitrogen and oxygen atoms in total. The van der Waals surface area contributed by atoms with Gasteiger partial charge in [0.1, 0.15) is 18.2 Å². The molecule has 0 saturated carbocycles. The fourth-order valence-corrected chi connectivity index (χ4v) is 3.59. The standard InChI is InChI=1S/C23H22N2O3/c1-15-11-21-19(13-16-12-18(27-2)9-10-20(16)24-21)22(23(15)28-3)25(14-26)17-7-5-4-6-8-17/h4-13,26H,14H2,1-3H3. The highest BCUT2D eigenvalue weighted by atomic mass is 16.5. The van der Waals surface area contributed by atoms with Gasteiger partial charge in [0.25, 0.3) is 0 Å². The van der Waals surface area contributed by atoms with Crippen LogP contribution in [0, 0.1) is 6.92 Å². The van der Waals surface area contributed by atoms with Gasteiger partial charge >= 0.3 is 0 Å². The summed E-state index contributed by atoms with van der Waals surface area (Å²) in [6.07, 6.45) is 0. The lowest BCUT2D eigenvalue weighted by Gasteiger charge is -2.27. The molecule has 1 aromatic heterocycles. The molecule has 0 radical (unpaired) electrons. The average molecular weight is 374 g/mol. The van der Waals surface area contributed by atoms with Crippen molar-refractivity contribution in [1.82, 2.24) is 4.98 Å². The van der Waals surface area contributed by atoms with E-state index in [2.05, 4.69) is 6.07 Å². The molecule has 0 aliphatic rings. The summed E-state index contributed by atoms with van der Waals surface area (Å²) in [5.74, 6) is 1.49. The molecule has 0 amide bonds. The zero-order valence-electron chi connectivity index (χ0n) is 16.1. The highest BCUT2D eigenvalue weighted by Gasteiger charge is 2.20. The molecule has 142 valence electrons. The number of hydrogen-bond donors (Lipinski definition) is 1. The summed E-state index contributed by atoms with van der Waals surface area (Å²) in [6.45, 7) is 1.80. The molecule has 28 heavy (non-hydrogen) atoms. The van der Waals surface area contributed by atoms with Crippen LogP contribution in [0.15, 0.2) is 60.7 Å². The van der Waals surface area contributed by atoms with E-state index in [-0.39, 0.29) is 6.73 Å². The zero-order valence-corrected chi connectivity index (χ0v) is 16.1. The highest BCUT2D eigenvalue weighted by molar-refractivity contribution is 6.04. The molecule has 3 aromatic carbocycles. The van der Waals surface area contributed by atoms with Gasteiger partial charge in [0.15, 0.2) is 0 Å². The molecule has 0 bridgehead atoms. The van der Waals surface area contributed by atoms with Crippen molar-refractivity contribution in [3.05, 3.63) is 66.2 Å². The van der Waals surface area contributed by atoms with E-state index >= 15 is 0 Å². The number of methoxy groups -OCH3 is 2. The Morgan fingerprint density at radius 1 is 0.929 bits per heavy atom. The maximum absolute atomic E-state index is 10.2. The minimum Gasteiger partial charge on any atom is -0.497 e.